The van der Waals surface area contributed by atoms with E-state index in [-0.39, 0.29) is 18.1 Å². The Labute approximate surface area is 103 Å². The molecule has 0 saturated heterocycles. The maximum absolute atomic E-state index is 13.1. The lowest BCUT2D eigenvalue weighted by atomic mass is 10.1. The van der Waals surface area contributed by atoms with Gasteiger partial charge in [-0.1, -0.05) is 5.16 Å². The number of ether oxygens (including phenoxy) is 1. The smallest absolute Gasteiger partial charge is 0.223 e. The van der Waals surface area contributed by atoms with Crippen molar-refractivity contribution in [1.82, 2.24) is 10.1 Å². The van der Waals surface area contributed by atoms with Crippen LogP contribution in [0.2, 0.25) is 0 Å². The molecule has 1 aromatic heterocycles. The summed E-state index contributed by atoms with van der Waals surface area (Å²) in [7, 11) is 0. The zero-order valence-electron chi connectivity index (χ0n) is 9.94. The van der Waals surface area contributed by atoms with Gasteiger partial charge in [-0.25, -0.2) is 4.39 Å². The van der Waals surface area contributed by atoms with Crippen LogP contribution in [0.15, 0.2) is 22.7 Å². The Morgan fingerprint density at radius 3 is 2.89 bits per heavy atom. The first-order valence-electron chi connectivity index (χ1n) is 5.29. The first-order valence-corrected chi connectivity index (χ1v) is 5.29. The number of nitrogens with zero attached hydrogens (tertiary/aromatic N) is 2. The monoisotopic (exact) mass is 250 g/mol. The van der Waals surface area contributed by atoms with E-state index >= 15 is 0 Å². The van der Waals surface area contributed by atoms with Gasteiger partial charge in [-0.3, -0.25) is 4.79 Å². The van der Waals surface area contributed by atoms with Gasteiger partial charge in [0.25, 0.3) is 0 Å². The Morgan fingerprint density at radius 1 is 1.50 bits per heavy atom. The van der Waals surface area contributed by atoms with Gasteiger partial charge >= 0.3 is 0 Å². The molecule has 0 saturated carbocycles. The van der Waals surface area contributed by atoms with Crippen LogP contribution in [0, 0.1) is 12.7 Å². The zero-order valence-corrected chi connectivity index (χ0v) is 9.94. The van der Waals surface area contributed by atoms with Crippen molar-refractivity contribution in [1.29, 1.82) is 0 Å². The minimum absolute atomic E-state index is 0.0150. The summed E-state index contributed by atoms with van der Waals surface area (Å²) in [5.41, 5.74) is 0.316. The summed E-state index contributed by atoms with van der Waals surface area (Å²) < 4.78 is 23.2. The predicted octanol–water partition coefficient (Wildman–Crippen LogP) is 2.30. The lowest BCUT2D eigenvalue weighted by Crippen LogP contribution is -2.03. The van der Waals surface area contributed by atoms with E-state index in [1.165, 1.54) is 19.1 Å². The topological polar surface area (TPSA) is 65.2 Å². The van der Waals surface area contributed by atoms with E-state index in [1.807, 2.05) is 0 Å². The van der Waals surface area contributed by atoms with Crippen molar-refractivity contribution in [3.05, 3.63) is 41.3 Å². The van der Waals surface area contributed by atoms with Crippen molar-refractivity contribution >= 4 is 5.78 Å². The van der Waals surface area contributed by atoms with Crippen LogP contribution in [-0.4, -0.2) is 15.9 Å². The van der Waals surface area contributed by atoms with Crippen LogP contribution in [0.3, 0.4) is 0 Å². The molecule has 1 heterocycles. The second kappa shape index (κ2) is 4.95. The van der Waals surface area contributed by atoms with Gasteiger partial charge in [-0.05, 0) is 19.1 Å². The molecule has 0 aliphatic rings. The summed E-state index contributed by atoms with van der Waals surface area (Å²) in [6.07, 6.45) is 0. The van der Waals surface area contributed by atoms with Crippen LogP contribution < -0.4 is 4.74 Å². The fourth-order valence-corrected chi connectivity index (χ4v) is 1.45. The van der Waals surface area contributed by atoms with Gasteiger partial charge in [0, 0.05) is 13.0 Å². The van der Waals surface area contributed by atoms with E-state index in [1.54, 1.807) is 6.92 Å². The molecule has 0 fully saturated rings. The second-order valence-electron chi connectivity index (χ2n) is 3.71. The lowest BCUT2D eigenvalue weighted by molar-refractivity contribution is 0.101. The normalized spacial score (nSPS) is 10.4. The molecule has 0 spiro atoms. The predicted molar refractivity (Wildman–Crippen MR) is 59.8 cm³/mol. The Balaban J connectivity index is 2.17. The summed E-state index contributed by atoms with van der Waals surface area (Å²) in [5.74, 6) is 0.254. The number of Topliss-reactive ketones (excluding diaryl/α,β-unsaturated/α-hetero) is 1. The van der Waals surface area contributed by atoms with E-state index in [0.29, 0.717) is 17.3 Å². The molecule has 0 radical (unpaired) electrons. The van der Waals surface area contributed by atoms with Crippen LogP contribution in [0.1, 0.15) is 29.0 Å². The summed E-state index contributed by atoms with van der Waals surface area (Å²) in [6, 6.07) is 3.75. The van der Waals surface area contributed by atoms with E-state index < -0.39 is 5.82 Å². The van der Waals surface area contributed by atoms with Gasteiger partial charge in [-0.15, -0.1) is 0 Å². The highest BCUT2D eigenvalue weighted by molar-refractivity contribution is 5.96. The average Bonchev–Trinajstić information content (AvgIpc) is 2.72. The van der Waals surface area contributed by atoms with Crippen LogP contribution in [0.25, 0.3) is 0 Å². The number of rotatable bonds is 4. The minimum Gasteiger partial charge on any atom is -0.485 e. The maximum Gasteiger partial charge on any atom is 0.223 e. The van der Waals surface area contributed by atoms with E-state index in [4.69, 9.17) is 9.26 Å². The molecule has 0 N–H and O–H groups in total. The van der Waals surface area contributed by atoms with Crippen molar-refractivity contribution in [3.8, 4) is 5.75 Å². The molecule has 0 amide bonds. The van der Waals surface area contributed by atoms with Crippen molar-refractivity contribution in [3.63, 3.8) is 0 Å². The first-order chi connectivity index (χ1) is 8.56. The zero-order chi connectivity index (χ0) is 13.1. The Hall–Kier alpha value is -2.24. The number of benzene rings is 1. The standard InChI is InChI=1S/C12H11FN2O3/c1-7(16)10-4-3-9(13)5-11(10)17-6-12-14-8(2)18-15-12/h3-5H,6H2,1-2H3. The van der Waals surface area contributed by atoms with Crippen molar-refractivity contribution in [2.45, 2.75) is 20.5 Å². The van der Waals surface area contributed by atoms with Crippen LogP contribution in [0.4, 0.5) is 4.39 Å². The SMILES string of the molecule is CC(=O)c1ccc(F)cc1OCc1noc(C)n1. The number of hydrogen-bond donors (Lipinski definition) is 0. The summed E-state index contributed by atoms with van der Waals surface area (Å²) in [5, 5.41) is 3.64. The Kier molecular flexibility index (Phi) is 3.36. The fourth-order valence-electron chi connectivity index (χ4n) is 1.45. The van der Waals surface area contributed by atoms with E-state index in [2.05, 4.69) is 10.1 Å². The third-order valence-corrected chi connectivity index (χ3v) is 2.25. The maximum atomic E-state index is 13.1. The molecule has 6 heteroatoms. The first kappa shape index (κ1) is 12.2. The second-order valence-corrected chi connectivity index (χ2v) is 3.71. The van der Waals surface area contributed by atoms with Crippen LogP contribution >= 0.6 is 0 Å². The van der Waals surface area contributed by atoms with Gasteiger partial charge in [0.15, 0.2) is 12.4 Å². The third-order valence-electron chi connectivity index (χ3n) is 2.25. The molecule has 94 valence electrons. The van der Waals surface area contributed by atoms with Crippen molar-refractivity contribution in [2.75, 3.05) is 0 Å². The minimum atomic E-state index is -0.473. The number of carbonyl (C=O) groups excluding carboxylic acids is 1. The van der Waals surface area contributed by atoms with Crippen LogP contribution in [0.5, 0.6) is 5.75 Å². The highest BCUT2D eigenvalue weighted by Gasteiger charge is 2.11. The van der Waals surface area contributed by atoms with Gasteiger partial charge < -0.3 is 9.26 Å². The van der Waals surface area contributed by atoms with Gasteiger partial charge in [-0.2, -0.15) is 4.98 Å². The lowest BCUT2D eigenvalue weighted by Gasteiger charge is -2.07. The summed E-state index contributed by atoms with van der Waals surface area (Å²) >= 11 is 0. The Morgan fingerprint density at radius 2 is 2.28 bits per heavy atom. The summed E-state index contributed by atoms with van der Waals surface area (Å²) in [6.45, 7) is 3.05. The molecule has 5 nitrogen and oxygen atoms in total. The molecule has 0 unspecified atom stereocenters. The molecule has 18 heavy (non-hydrogen) atoms. The number of aromatic nitrogens is 2. The van der Waals surface area contributed by atoms with Crippen molar-refractivity contribution < 1.29 is 18.4 Å². The van der Waals surface area contributed by atoms with Crippen LogP contribution in [-0.2, 0) is 6.61 Å². The third kappa shape index (κ3) is 2.71. The molecule has 0 aliphatic heterocycles. The quantitative estimate of drug-likeness (QED) is 0.779. The number of aryl methyl sites for hydroxylation is 1. The molecule has 2 aromatic rings. The van der Waals surface area contributed by atoms with Gasteiger partial charge in [0.1, 0.15) is 11.6 Å². The molecule has 2 rings (SSSR count). The van der Waals surface area contributed by atoms with E-state index in [9.17, 15) is 9.18 Å². The molecular weight excluding hydrogens is 239 g/mol. The molecule has 1 aromatic carbocycles. The van der Waals surface area contributed by atoms with Gasteiger partial charge in [0.05, 0.1) is 5.56 Å². The average molecular weight is 250 g/mol. The van der Waals surface area contributed by atoms with Crippen molar-refractivity contribution in [2.24, 2.45) is 0 Å². The largest absolute Gasteiger partial charge is 0.485 e. The van der Waals surface area contributed by atoms with E-state index in [0.717, 1.165) is 6.07 Å². The molecule has 0 bridgehead atoms. The Bertz CT molecular complexity index is 580. The fraction of sp³-hybridized carbons (Fsp3) is 0.250. The van der Waals surface area contributed by atoms with Gasteiger partial charge in [0.2, 0.25) is 11.7 Å². The highest BCUT2D eigenvalue weighted by atomic mass is 19.1. The molecule has 0 atom stereocenters. The number of ketones is 1. The molecule has 0 aliphatic carbocycles. The number of hydrogen-bond acceptors (Lipinski definition) is 5. The number of halogens is 1. The highest BCUT2D eigenvalue weighted by Crippen LogP contribution is 2.21. The molecular formula is C12H11FN2O3. The number of carbonyl (C=O) groups is 1. The summed E-state index contributed by atoms with van der Waals surface area (Å²) in [4.78, 5) is 15.3.